The summed E-state index contributed by atoms with van der Waals surface area (Å²) in [5.74, 6) is -0.611. The van der Waals surface area contributed by atoms with Crippen molar-refractivity contribution in [3.8, 4) is 11.5 Å². The molecule has 8 nitrogen and oxygen atoms in total. The van der Waals surface area contributed by atoms with Crippen molar-refractivity contribution in [3.05, 3.63) is 99.2 Å². The lowest BCUT2D eigenvalue weighted by atomic mass is 10.0. The van der Waals surface area contributed by atoms with Crippen molar-refractivity contribution in [2.24, 2.45) is 0 Å². The summed E-state index contributed by atoms with van der Waals surface area (Å²) in [6.45, 7) is 2.27. The molecule has 0 bridgehead atoms. The molecule has 1 unspecified atom stereocenters. The molecule has 3 heterocycles. The van der Waals surface area contributed by atoms with Gasteiger partial charge >= 0.3 is 5.97 Å². The quantitative estimate of drug-likeness (QED) is 0.306. The Morgan fingerprint density at radius 1 is 1.13 bits per heavy atom. The molecule has 5 rings (SSSR count). The molecule has 4 aromatic rings. The average molecular weight is 519 g/mol. The van der Waals surface area contributed by atoms with Gasteiger partial charge in [-0.1, -0.05) is 42.5 Å². The molecule has 0 aliphatic carbocycles. The Morgan fingerprint density at radius 3 is 2.61 bits per heavy atom. The number of rotatable bonds is 9. The van der Waals surface area contributed by atoms with Crippen LogP contribution < -0.4 is 15.0 Å². The van der Waals surface area contributed by atoms with Crippen LogP contribution in [0, 0.1) is 5.82 Å². The second-order valence-corrected chi connectivity index (χ2v) is 8.92. The van der Waals surface area contributed by atoms with E-state index in [1.54, 1.807) is 32.4 Å². The maximum absolute atomic E-state index is 13.8. The Bertz CT molecular complexity index is 1520. The molecule has 9 heteroatoms. The molecule has 1 aliphatic heterocycles. The Balaban J connectivity index is 1.70. The molecule has 0 spiro atoms. The van der Waals surface area contributed by atoms with Gasteiger partial charge in [0.25, 0.3) is 5.56 Å². The van der Waals surface area contributed by atoms with Crippen molar-refractivity contribution < 1.29 is 28.1 Å². The van der Waals surface area contributed by atoms with Gasteiger partial charge in [-0.15, -0.1) is 0 Å². The zero-order valence-corrected chi connectivity index (χ0v) is 21.1. The molecule has 0 saturated carbocycles. The van der Waals surface area contributed by atoms with Crippen molar-refractivity contribution in [3.63, 3.8) is 0 Å². The number of benzene rings is 2. The highest BCUT2D eigenvalue weighted by Crippen LogP contribution is 2.38. The highest BCUT2D eigenvalue weighted by Gasteiger charge is 2.33. The topological polar surface area (TPSA) is 88.9 Å². The number of nitrogens with zero attached hydrogens (tertiary/aromatic N) is 2. The van der Waals surface area contributed by atoms with Gasteiger partial charge in [0.2, 0.25) is 0 Å². The van der Waals surface area contributed by atoms with E-state index in [9.17, 15) is 14.0 Å². The molecule has 38 heavy (non-hydrogen) atoms. The third kappa shape index (κ3) is 4.97. The average Bonchev–Trinajstić information content (AvgIpc) is 2.92. The van der Waals surface area contributed by atoms with Crippen LogP contribution in [0.15, 0.2) is 65.6 Å². The lowest BCUT2D eigenvalue weighted by molar-refractivity contribution is 0.0512. The van der Waals surface area contributed by atoms with Gasteiger partial charge in [0, 0.05) is 25.3 Å². The number of carbonyl (C=O) groups excluding carboxylic acids is 1. The first-order chi connectivity index (χ1) is 18.5. The molecule has 1 atom stereocenters. The maximum atomic E-state index is 13.8. The van der Waals surface area contributed by atoms with E-state index in [0.29, 0.717) is 28.8 Å². The van der Waals surface area contributed by atoms with Gasteiger partial charge in [0.1, 0.15) is 29.6 Å². The van der Waals surface area contributed by atoms with E-state index in [-0.39, 0.29) is 43.5 Å². The van der Waals surface area contributed by atoms with Gasteiger partial charge in [-0.05, 0) is 30.2 Å². The van der Waals surface area contributed by atoms with E-state index in [4.69, 9.17) is 18.9 Å². The third-order valence-corrected chi connectivity index (χ3v) is 6.29. The molecule has 0 fully saturated rings. The zero-order valence-electron chi connectivity index (χ0n) is 21.1. The number of aromatic nitrogens is 2. The summed E-state index contributed by atoms with van der Waals surface area (Å²) >= 11 is 0. The van der Waals surface area contributed by atoms with Crippen molar-refractivity contribution in [2.45, 2.75) is 32.6 Å². The minimum atomic E-state index is -0.778. The number of halogens is 1. The summed E-state index contributed by atoms with van der Waals surface area (Å²) in [4.78, 5) is 31.5. The Hall–Kier alpha value is -4.24. The van der Waals surface area contributed by atoms with E-state index in [2.05, 4.69) is 4.98 Å². The first-order valence-corrected chi connectivity index (χ1v) is 12.3. The van der Waals surface area contributed by atoms with E-state index < -0.39 is 17.6 Å². The van der Waals surface area contributed by atoms with E-state index in [1.165, 1.54) is 16.7 Å². The normalized spacial score (nSPS) is 14.2. The van der Waals surface area contributed by atoms with Crippen LogP contribution in [-0.4, -0.2) is 41.9 Å². The predicted molar refractivity (Wildman–Crippen MR) is 138 cm³/mol. The van der Waals surface area contributed by atoms with Gasteiger partial charge in [-0.3, -0.25) is 14.3 Å². The molecule has 0 saturated heterocycles. The van der Waals surface area contributed by atoms with Gasteiger partial charge < -0.3 is 18.9 Å². The van der Waals surface area contributed by atoms with Crippen molar-refractivity contribution >= 4 is 17.0 Å². The smallest absolute Gasteiger partial charge is 0.347 e. The van der Waals surface area contributed by atoms with Crippen LogP contribution in [0.1, 0.15) is 34.0 Å². The summed E-state index contributed by atoms with van der Waals surface area (Å²) in [7, 11) is 1.55. The molecule has 196 valence electrons. The van der Waals surface area contributed by atoms with E-state index in [1.807, 2.05) is 30.3 Å². The number of pyridine rings is 2. The second kappa shape index (κ2) is 11.0. The second-order valence-electron chi connectivity index (χ2n) is 8.92. The molecular weight excluding hydrogens is 491 g/mol. The number of esters is 1. The summed E-state index contributed by atoms with van der Waals surface area (Å²) in [5, 5.41) is 0. The molecule has 0 radical (unpaired) electrons. The summed E-state index contributed by atoms with van der Waals surface area (Å²) in [6.07, 6.45) is 1.55. The van der Waals surface area contributed by atoms with Crippen molar-refractivity contribution in [2.75, 3.05) is 20.3 Å². The fraction of sp³-hybridized carbons (Fsp3) is 0.276. The van der Waals surface area contributed by atoms with Crippen LogP contribution in [0.25, 0.3) is 11.0 Å². The first kappa shape index (κ1) is 25.4. The van der Waals surface area contributed by atoms with Gasteiger partial charge in [-0.2, -0.15) is 0 Å². The molecule has 0 N–H and O–H groups in total. The standard InChI is InChI=1S/C29H27FN2O6/c1-3-36-29(34)23-27(37-16-19-7-5-4-6-8-19)24-25-26(38-22(17-35-2)15-32(25)28(23)33)20(14-31-24)13-18-9-11-21(30)12-10-18/h4-12,14,22H,3,13,15-17H2,1-2H3. The molecule has 2 aromatic carbocycles. The first-order valence-electron chi connectivity index (χ1n) is 12.3. The lowest BCUT2D eigenvalue weighted by Crippen LogP contribution is -2.39. The molecule has 2 aromatic heterocycles. The minimum absolute atomic E-state index is 0.0481. The maximum Gasteiger partial charge on any atom is 0.347 e. The fourth-order valence-corrected chi connectivity index (χ4v) is 4.58. The lowest BCUT2D eigenvalue weighted by Gasteiger charge is -2.30. The van der Waals surface area contributed by atoms with E-state index >= 15 is 0 Å². The fourth-order valence-electron chi connectivity index (χ4n) is 4.58. The highest BCUT2D eigenvalue weighted by molar-refractivity contribution is 6.00. The van der Waals surface area contributed by atoms with Crippen LogP contribution in [0.5, 0.6) is 11.5 Å². The number of ether oxygens (including phenoxy) is 4. The SMILES string of the molecule is CCOC(=O)c1c(OCc2ccccc2)c2ncc(Cc3ccc(F)cc3)c3c2n(c1=O)CC(COC)O3. The Morgan fingerprint density at radius 2 is 1.89 bits per heavy atom. The van der Waals surface area contributed by atoms with Gasteiger partial charge in [-0.25, -0.2) is 9.18 Å². The van der Waals surface area contributed by atoms with Gasteiger partial charge in [0.15, 0.2) is 17.1 Å². The summed E-state index contributed by atoms with van der Waals surface area (Å²) in [5.41, 5.74) is 2.39. The largest absolute Gasteiger partial charge is 0.485 e. The molecule has 0 amide bonds. The Kier molecular flexibility index (Phi) is 7.37. The minimum Gasteiger partial charge on any atom is -0.485 e. The van der Waals surface area contributed by atoms with Crippen LogP contribution in [0.4, 0.5) is 4.39 Å². The predicted octanol–water partition coefficient (Wildman–Crippen LogP) is 4.29. The number of hydrogen-bond donors (Lipinski definition) is 0. The Labute approximate surface area is 218 Å². The van der Waals surface area contributed by atoms with Crippen LogP contribution in [-0.2, 0) is 29.0 Å². The zero-order chi connectivity index (χ0) is 26.6. The van der Waals surface area contributed by atoms with Crippen LogP contribution in [0.3, 0.4) is 0 Å². The number of carbonyl (C=O) groups is 1. The summed E-state index contributed by atoms with van der Waals surface area (Å²) in [6, 6.07) is 15.6. The van der Waals surface area contributed by atoms with Crippen molar-refractivity contribution in [1.82, 2.24) is 9.55 Å². The number of methoxy groups -OCH3 is 1. The van der Waals surface area contributed by atoms with Gasteiger partial charge in [0.05, 0.1) is 19.8 Å². The van der Waals surface area contributed by atoms with Crippen molar-refractivity contribution in [1.29, 1.82) is 0 Å². The monoisotopic (exact) mass is 518 g/mol. The third-order valence-electron chi connectivity index (χ3n) is 6.29. The number of hydrogen-bond acceptors (Lipinski definition) is 7. The molecule has 1 aliphatic rings. The van der Waals surface area contributed by atoms with Crippen LogP contribution in [0.2, 0.25) is 0 Å². The highest BCUT2D eigenvalue weighted by atomic mass is 19.1. The molecular formula is C29H27FN2O6. The summed E-state index contributed by atoms with van der Waals surface area (Å²) < 4.78 is 38.0. The van der Waals surface area contributed by atoms with Crippen LogP contribution >= 0.6 is 0 Å². The van der Waals surface area contributed by atoms with E-state index in [0.717, 1.165) is 11.1 Å².